The Kier molecular flexibility index (Phi) is 3.33. The summed E-state index contributed by atoms with van der Waals surface area (Å²) in [5.74, 6) is 0. The highest BCUT2D eigenvalue weighted by Crippen LogP contribution is 2.31. The molecule has 1 unspecified atom stereocenters. The quantitative estimate of drug-likeness (QED) is 0.761. The van der Waals surface area contributed by atoms with E-state index in [4.69, 9.17) is 4.42 Å². The number of fused-ring (bicyclic) bond motifs is 1. The zero-order valence-corrected chi connectivity index (χ0v) is 12.1. The molecule has 0 aliphatic carbocycles. The first-order valence-electron chi connectivity index (χ1n) is 6.90. The van der Waals surface area contributed by atoms with Gasteiger partial charge >= 0.3 is 0 Å². The molecular weight excluding hydrogens is 246 g/mol. The minimum absolute atomic E-state index is 0.150. The lowest BCUT2D eigenvalue weighted by molar-refractivity contribution is 0.596. The van der Waals surface area contributed by atoms with Gasteiger partial charge in [-0.15, -0.1) is 0 Å². The predicted octanol–water partition coefficient (Wildman–Crippen LogP) is 4.36. The number of hydrogen-bond donors (Lipinski definition) is 1. The smallest absolute Gasteiger partial charge is 0.134 e. The molecule has 0 radical (unpaired) electrons. The fourth-order valence-corrected chi connectivity index (χ4v) is 2.90. The summed E-state index contributed by atoms with van der Waals surface area (Å²) in [6.07, 6.45) is 1.86. The second kappa shape index (κ2) is 5.14. The van der Waals surface area contributed by atoms with Crippen LogP contribution in [0.4, 0.5) is 0 Å². The van der Waals surface area contributed by atoms with E-state index < -0.39 is 0 Å². The molecule has 0 saturated carbocycles. The molecule has 1 heterocycles. The van der Waals surface area contributed by atoms with Crippen LogP contribution in [-0.4, -0.2) is 7.05 Å². The van der Waals surface area contributed by atoms with Gasteiger partial charge in [0.15, 0.2) is 0 Å². The van der Waals surface area contributed by atoms with Crippen molar-refractivity contribution in [2.45, 2.75) is 19.9 Å². The topological polar surface area (TPSA) is 25.2 Å². The predicted molar refractivity (Wildman–Crippen MR) is 83.0 cm³/mol. The van der Waals surface area contributed by atoms with Crippen LogP contribution in [0.2, 0.25) is 0 Å². The van der Waals surface area contributed by atoms with Crippen molar-refractivity contribution >= 4 is 11.0 Å². The molecule has 3 aromatic rings. The number of aryl methyl sites for hydroxylation is 2. The Balaban J connectivity index is 2.14. The van der Waals surface area contributed by atoms with E-state index in [0.29, 0.717) is 0 Å². The third-order valence-electron chi connectivity index (χ3n) is 3.69. The standard InChI is InChI=1S/C18H19NO/c1-12-8-13(2)10-14(9-12)18(19-3)16-11-20-17-7-5-4-6-15(16)17/h4-11,18-19H,1-3H3. The van der Waals surface area contributed by atoms with Gasteiger partial charge in [0.2, 0.25) is 0 Å². The minimum Gasteiger partial charge on any atom is -0.464 e. The first-order chi connectivity index (χ1) is 9.69. The molecule has 0 aliphatic rings. The number of para-hydroxylation sites is 1. The monoisotopic (exact) mass is 265 g/mol. The fourth-order valence-electron chi connectivity index (χ4n) is 2.90. The van der Waals surface area contributed by atoms with E-state index in [1.807, 2.05) is 25.4 Å². The van der Waals surface area contributed by atoms with Gasteiger partial charge in [-0.05, 0) is 32.5 Å². The Morgan fingerprint density at radius 1 is 1.00 bits per heavy atom. The van der Waals surface area contributed by atoms with Crippen LogP contribution in [-0.2, 0) is 0 Å². The van der Waals surface area contributed by atoms with Gasteiger partial charge in [0.1, 0.15) is 5.58 Å². The van der Waals surface area contributed by atoms with Crippen molar-refractivity contribution in [3.05, 3.63) is 71.0 Å². The highest BCUT2D eigenvalue weighted by molar-refractivity contribution is 5.82. The Morgan fingerprint density at radius 2 is 1.70 bits per heavy atom. The Labute approximate surface area is 119 Å². The zero-order valence-electron chi connectivity index (χ0n) is 12.1. The molecule has 0 amide bonds. The van der Waals surface area contributed by atoms with Crippen molar-refractivity contribution in [1.82, 2.24) is 5.32 Å². The van der Waals surface area contributed by atoms with Crippen molar-refractivity contribution < 1.29 is 4.42 Å². The molecule has 0 saturated heterocycles. The molecule has 0 aliphatic heterocycles. The lowest BCUT2D eigenvalue weighted by Gasteiger charge is -2.17. The summed E-state index contributed by atoms with van der Waals surface area (Å²) in [6.45, 7) is 4.27. The summed E-state index contributed by atoms with van der Waals surface area (Å²) in [4.78, 5) is 0. The van der Waals surface area contributed by atoms with E-state index in [1.165, 1.54) is 27.6 Å². The number of nitrogens with one attached hydrogen (secondary N) is 1. The minimum atomic E-state index is 0.150. The van der Waals surface area contributed by atoms with Gasteiger partial charge in [-0.25, -0.2) is 0 Å². The lowest BCUT2D eigenvalue weighted by atomic mass is 9.95. The van der Waals surface area contributed by atoms with Gasteiger partial charge in [0, 0.05) is 10.9 Å². The highest BCUT2D eigenvalue weighted by atomic mass is 16.3. The van der Waals surface area contributed by atoms with Crippen molar-refractivity contribution in [3.8, 4) is 0 Å². The van der Waals surface area contributed by atoms with Crippen LogP contribution < -0.4 is 5.32 Å². The molecule has 2 heteroatoms. The van der Waals surface area contributed by atoms with Crippen LogP contribution in [0.5, 0.6) is 0 Å². The summed E-state index contributed by atoms with van der Waals surface area (Å²) >= 11 is 0. The lowest BCUT2D eigenvalue weighted by Crippen LogP contribution is -2.17. The number of furan rings is 1. The molecular formula is C18H19NO. The first kappa shape index (κ1) is 12.9. The van der Waals surface area contributed by atoms with Gasteiger partial charge in [-0.1, -0.05) is 47.5 Å². The molecule has 3 rings (SSSR count). The van der Waals surface area contributed by atoms with Gasteiger partial charge in [0.05, 0.1) is 12.3 Å². The van der Waals surface area contributed by atoms with Crippen LogP contribution in [0.1, 0.15) is 28.3 Å². The molecule has 0 fully saturated rings. The first-order valence-corrected chi connectivity index (χ1v) is 6.90. The summed E-state index contributed by atoms with van der Waals surface area (Å²) in [5, 5.41) is 4.58. The molecule has 0 spiro atoms. The van der Waals surface area contributed by atoms with Gasteiger partial charge in [0.25, 0.3) is 0 Å². The highest BCUT2D eigenvalue weighted by Gasteiger charge is 2.17. The number of hydrogen-bond acceptors (Lipinski definition) is 2. The summed E-state index contributed by atoms with van der Waals surface area (Å²) in [5.41, 5.74) is 5.97. The van der Waals surface area contributed by atoms with Crippen molar-refractivity contribution in [2.24, 2.45) is 0 Å². The normalized spacial score (nSPS) is 12.8. The van der Waals surface area contributed by atoms with E-state index >= 15 is 0 Å². The summed E-state index contributed by atoms with van der Waals surface area (Å²) in [6, 6.07) is 15.0. The van der Waals surface area contributed by atoms with Crippen molar-refractivity contribution in [2.75, 3.05) is 7.05 Å². The van der Waals surface area contributed by atoms with Gasteiger partial charge in [-0.3, -0.25) is 0 Å². The Hall–Kier alpha value is -2.06. The van der Waals surface area contributed by atoms with Crippen LogP contribution in [0.3, 0.4) is 0 Å². The van der Waals surface area contributed by atoms with Crippen LogP contribution in [0.15, 0.2) is 53.1 Å². The molecule has 1 atom stereocenters. The van der Waals surface area contributed by atoms with E-state index in [2.05, 4.69) is 49.5 Å². The van der Waals surface area contributed by atoms with Gasteiger partial charge in [-0.2, -0.15) is 0 Å². The largest absolute Gasteiger partial charge is 0.464 e. The summed E-state index contributed by atoms with van der Waals surface area (Å²) in [7, 11) is 1.99. The Morgan fingerprint density at radius 3 is 2.40 bits per heavy atom. The molecule has 1 N–H and O–H groups in total. The molecule has 102 valence electrons. The van der Waals surface area contributed by atoms with Crippen LogP contribution in [0, 0.1) is 13.8 Å². The van der Waals surface area contributed by atoms with Gasteiger partial charge < -0.3 is 9.73 Å². The fraction of sp³-hybridized carbons (Fsp3) is 0.222. The third kappa shape index (κ3) is 2.23. The third-order valence-corrected chi connectivity index (χ3v) is 3.69. The zero-order chi connectivity index (χ0) is 14.1. The van der Waals surface area contributed by atoms with Crippen LogP contribution >= 0.6 is 0 Å². The second-order valence-corrected chi connectivity index (χ2v) is 5.33. The molecule has 2 nitrogen and oxygen atoms in total. The molecule has 2 aromatic carbocycles. The Bertz CT molecular complexity index is 722. The van der Waals surface area contributed by atoms with Crippen molar-refractivity contribution in [3.63, 3.8) is 0 Å². The average Bonchev–Trinajstić information content (AvgIpc) is 2.83. The molecule has 20 heavy (non-hydrogen) atoms. The average molecular weight is 265 g/mol. The van der Waals surface area contributed by atoms with Crippen LogP contribution in [0.25, 0.3) is 11.0 Å². The van der Waals surface area contributed by atoms with E-state index in [9.17, 15) is 0 Å². The molecule has 0 bridgehead atoms. The maximum Gasteiger partial charge on any atom is 0.134 e. The maximum atomic E-state index is 5.67. The molecule has 1 aromatic heterocycles. The number of benzene rings is 2. The van der Waals surface area contributed by atoms with E-state index in [0.717, 1.165) is 5.58 Å². The SMILES string of the molecule is CNC(c1cc(C)cc(C)c1)c1coc2ccccc12. The second-order valence-electron chi connectivity index (χ2n) is 5.33. The summed E-state index contributed by atoms with van der Waals surface area (Å²) < 4.78 is 5.67. The van der Waals surface area contributed by atoms with Crippen molar-refractivity contribution in [1.29, 1.82) is 0 Å². The number of rotatable bonds is 3. The van der Waals surface area contributed by atoms with E-state index in [-0.39, 0.29) is 6.04 Å². The van der Waals surface area contributed by atoms with E-state index in [1.54, 1.807) is 0 Å². The maximum absolute atomic E-state index is 5.67.